The summed E-state index contributed by atoms with van der Waals surface area (Å²) in [5.74, 6) is -0.252. The number of anilines is 1. The van der Waals surface area contributed by atoms with Crippen molar-refractivity contribution in [2.75, 3.05) is 11.9 Å². The van der Waals surface area contributed by atoms with E-state index in [0.29, 0.717) is 36.4 Å². The van der Waals surface area contributed by atoms with Crippen molar-refractivity contribution in [3.05, 3.63) is 58.7 Å². The summed E-state index contributed by atoms with van der Waals surface area (Å²) in [5, 5.41) is 4.98. The van der Waals surface area contributed by atoms with E-state index in [1.807, 2.05) is 12.1 Å². The van der Waals surface area contributed by atoms with Gasteiger partial charge in [0.15, 0.2) is 0 Å². The van der Waals surface area contributed by atoms with Crippen LogP contribution in [-0.4, -0.2) is 41.4 Å². The van der Waals surface area contributed by atoms with Crippen molar-refractivity contribution in [1.82, 2.24) is 10.2 Å². The Hall–Kier alpha value is -3.88. The molecule has 9 nitrogen and oxygen atoms in total. The van der Waals surface area contributed by atoms with Crippen LogP contribution >= 0.6 is 0 Å². The monoisotopic (exact) mass is 449 g/mol. The van der Waals surface area contributed by atoms with E-state index in [-0.39, 0.29) is 24.8 Å². The summed E-state index contributed by atoms with van der Waals surface area (Å²) < 4.78 is 10.9. The Morgan fingerprint density at radius 3 is 2.82 bits per heavy atom. The van der Waals surface area contributed by atoms with Crippen molar-refractivity contribution >= 4 is 29.5 Å². The van der Waals surface area contributed by atoms with Gasteiger partial charge < -0.3 is 14.4 Å². The average Bonchev–Trinajstić information content (AvgIpc) is 3.13. The van der Waals surface area contributed by atoms with Crippen LogP contribution in [0.1, 0.15) is 46.3 Å². The predicted octanol–water partition coefficient (Wildman–Crippen LogP) is 2.52. The number of rotatable bonds is 4. The number of fused-ring (bicyclic) bond motifs is 2. The van der Waals surface area contributed by atoms with E-state index in [2.05, 4.69) is 10.6 Å². The largest absolute Gasteiger partial charge is 0.493 e. The number of amides is 4. The lowest BCUT2D eigenvalue weighted by molar-refractivity contribution is -0.136. The molecule has 3 aliphatic rings. The van der Waals surface area contributed by atoms with Gasteiger partial charge >= 0.3 is 6.09 Å². The first-order valence-corrected chi connectivity index (χ1v) is 10.9. The van der Waals surface area contributed by atoms with Gasteiger partial charge in [-0.1, -0.05) is 18.2 Å². The normalized spacial score (nSPS) is 19.3. The second-order valence-electron chi connectivity index (χ2n) is 8.37. The Balaban J connectivity index is 1.20. The van der Waals surface area contributed by atoms with Crippen molar-refractivity contribution in [3.63, 3.8) is 0 Å². The Morgan fingerprint density at radius 2 is 1.97 bits per heavy atom. The highest BCUT2D eigenvalue weighted by Crippen LogP contribution is 2.29. The number of nitrogens with one attached hydrogen (secondary N) is 2. The second-order valence-corrected chi connectivity index (χ2v) is 8.37. The molecule has 0 aliphatic carbocycles. The van der Waals surface area contributed by atoms with E-state index >= 15 is 0 Å². The number of hydrogen-bond donors (Lipinski definition) is 2. The first kappa shape index (κ1) is 21.0. The van der Waals surface area contributed by atoms with Crippen LogP contribution in [0.4, 0.5) is 10.5 Å². The van der Waals surface area contributed by atoms with Gasteiger partial charge in [-0.15, -0.1) is 0 Å². The molecular weight excluding hydrogens is 426 g/mol. The number of aryl methyl sites for hydroxylation is 1. The number of ether oxygens (including phenoxy) is 2. The standard InChI is InChI=1S/C24H23N3O6/c28-21-8-7-19(22(29)26-21)27-12-16-4-3-14(10-18(16)23(27)30)13-33-24(31)25-17-6-5-15-2-1-9-32-20(15)11-17/h3-6,10-11,19H,1-2,7-9,12-13H2,(H,25,31)(H,26,28,29). The number of piperidine rings is 1. The molecule has 9 heteroatoms. The number of nitrogens with zero attached hydrogens (tertiary/aromatic N) is 1. The van der Waals surface area contributed by atoms with E-state index in [9.17, 15) is 19.2 Å². The fourth-order valence-corrected chi connectivity index (χ4v) is 4.41. The maximum absolute atomic E-state index is 12.9. The number of carbonyl (C=O) groups excluding carboxylic acids is 4. The summed E-state index contributed by atoms with van der Waals surface area (Å²) in [6.07, 6.45) is 1.85. The summed E-state index contributed by atoms with van der Waals surface area (Å²) in [6.45, 7) is 0.966. The molecule has 1 unspecified atom stereocenters. The van der Waals surface area contributed by atoms with Crippen LogP contribution in [0, 0.1) is 0 Å². The summed E-state index contributed by atoms with van der Waals surface area (Å²) in [4.78, 5) is 50.2. The number of imide groups is 1. The third-order valence-corrected chi connectivity index (χ3v) is 6.12. The Bertz CT molecular complexity index is 1160. The van der Waals surface area contributed by atoms with Crippen molar-refractivity contribution in [2.24, 2.45) is 0 Å². The molecule has 3 aliphatic heterocycles. The van der Waals surface area contributed by atoms with E-state index in [1.54, 1.807) is 24.3 Å². The molecule has 0 radical (unpaired) electrons. The molecule has 2 aromatic carbocycles. The smallest absolute Gasteiger partial charge is 0.411 e. The van der Waals surface area contributed by atoms with Gasteiger partial charge in [0.25, 0.3) is 5.91 Å². The van der Waals surface area contributed by atoms with Crippen LogP contribution in [0.25, 0.3) is 0 Å². The fraction of sp³-hybridized carbons (Fsp3) is 0.333. The molecule has 1 saturated heterocycles. The van der Waals surface area contributed by atoms with Gasteiger partial charge in [-0.25, -0.2) is 4.79 Å². The first-order chi connectivity index (χ1) is 16.0. The van der Waals surface area contributed by atoms with E-state index in [4.69, 9.17) is 9.47 Å². The zero-order valence-corrected chi connectivity index (χ0v) is 17.9. The summed E-state index contributed by atoms with van der Waals surface area (Å²) in [5.41, 5.74) is 3.65. The van der Waals surface area contributed by atoms with Gasteiger partial charge in [-0.05, 0) is 48.1 Å². The molecule has 3 heterocycles. The summed E-state index contributed by atoms with van der Waals surface area (Å²) >= 11 is 0. The lowest BCUT2D eigenvalue weighted by Gasteiger charge is -2.29. The lowest BCUT2D eigenvalue weighted by atomic mass is 10.0. The Kier molecular flexibility index (Phi) is 5.45. The highest BCUT2D eigenvalue weighted by molar-refractivity contribution is 6.05. The highest BCUT2D eigenvalue weighted by Gasteiger charge is 2.39. The van der Waals surface area contributed by atoms with Gasteiger partial charge in [0.2, 0.25) is 11.8 Å². The van der Waals surface area contributed by atoms with Crippen LogP contribution in [0.2, 0.25) is 0 Å². The lowest BCUT2D eigenvalue weighted by Crippen LogP contribution is -2.52. The molecule has 170 valence electrons. The van der Waals surface area contributed by atoms with Crippen LogP contribution < -0.4 is 15.4 Å². The predicted molar refractivity (Wildman–Crippen MR) is 117 cm³/mol. The quantitative estimate of drug-likeness (QED) is 0.694. The third-order valence-electron chi connectivity index (χ3n) is 6.12. The molecule has 0 bridgehead atoms. The average molecular weight is 449 g/mol. The second kappa shape index (κ2) is 8.57. The van der Waals surface area contributed by atoms with Crippen molar-refractivity contribution in [3.8, 4) is 5.75 Å². The maximum Gasteiger partial charge on any atom is 0.411 e. The van der Waals surface area contributed by atoms with Gasteiger partial charge in [0, 0.05) is 30.3 Å². The number of benzene rings is 2. The van der Waals surface area contributed by atoms with Crippen LogP contribution in [0.5, 0.6) is 5.75 Å². The van der Waals surface area contributed by atoms with E-state index in [0.717, 1.165) is 29.7 Å². The molecule has 0 spiro atoms. The van der Waals surface area contributed by atoms with Gasteiger partial charge in [-0.2, -0.15) is 0 Å². The summed E-state index contributed by atoms with van der Waals surface area (Å²) in [6, 6.07) is 10.2. The van der Waals surface area contributed by atoms with Crippen molar-refractivity contribution < 1.29 is 28.7 Å². The molecule has 0 aromatic heterocycles. The molecule has 1 fully saturated rings. The molecule has 5 rings (SSSR count). The SMILES string of the molecule is O=C1CCC(N2Cc3ccc(COC(=O)Nc4ccc5c(c4)OCCC5)cc3C2=O)C(=O)N1. The number of hydrogen-bond acceptors (Lipinski definition) is 6. The van der Waals surface area contributed by atoms with Crippen LogP contribution in [-0.2, 0) is 33.9 Å². The minimum atomic E-state index is -0.659. The van der Waals surface area contributed by atoms with E-state index < -0.39 is 18.0 Å². The van der Waals surface area contributed by atoms with Gasteiger partial charge in [0.1, 0.15) is 18.4 Å². The molecule has 33 heavy (non-hydrogen) atoms. The van der Waals surface area contributed by atoms with Crippen LogP contribution in [0.15, 0.2) is 36.4 Å². The highest BCUT2D eigenvalue weighted by atomic mass is 16.5. The molecular formula is C24H23N3O6. The van der Waals surface area contributed by atoms with E-state index in [1.165, 1.54) is 4.90 Å². The molecule has 2 N–H and O–H groups in total. The van der Waals surface area contributed by atoms with Crippen LogP contribution in [0.3, 0.4) is 0 Å². The molecule has 1 atom stereocenters. The van der Waals surface area contributed by atoms with Crippen molar-refractivity contribution in [1.29, 1.82) is 0 Å². The third kappa shape index (κ3) is 4.26. The molecule has 0 saturated carbocycles. The Labute approximate surface area is 190 Å². The topological polar surface area (TPSA) is 114 Å². The molecule has 4 amide bonds. The Morgan fingerprint density at radius 1 is 1.12 bits per heavy atom. The zero-order valence-electron chi connectivity index (χ0n) is 17.9. The van der Waals surface area contributed by atoms with Crippen molar-refractivity contribution in [2.45, 2.75) is 44.9 Å². The minimum Gasteiger partial charge on any atom is -0.493 e. The van der Waals surface area contributed by atoms with Gasteiger partial charge in [0.05, 0.1) is 6.61 Å². The maximum atomic E-state index is 12.9. The number of carbonyl (C=O) groups is 4. The molecule has 2 aromatic rings. The summed E-state index contributed by atoms with van der Waals surface area (Å²) in [7, 11) is 0. The fourth-order valence-electron chi connectivity index (χ4n) is 4.41. The minimum absolute atomic E-state index is 0.00769. The van der Waals surface area contributed by atoms with Gasteiger partial charge in [-0.3, -0.25) is 25.0 Å². The first-order valence-electron chi connectivity index (χ1n) is 10.9. The zero-order chi connectivity index (χ0) is 22.9.